The van der Waals surface area contributed by atoms with Crippen LogP contribution >= 0.6 is 11.6 Å². The standard InChI is InChI=1S/C33H22ClFN2O3/c34-24-10-4-2-8-22(24)31(39)29-28(30(38)20-13-16-21(35)17-14-20)33(23-9-3-5-11-25(23)36-32(33)40)27-18-15-19-7-1-6-12-26(19)37(27)29/h1-18,27-29H,(H,36,40)/t27-,28-,29+,33+/m1/s1. The molecule has 1 fully saturated rings. The molecule has 4 atom stereocenters. The summed E-state index contributed by atoms with van der Waals surface area (Å²) in [5.74, 6) is -2.78. The number of carbonyl (C=O) groups excluding carboxylic acids is 3. The number of benzene rings is 4. The van der Waals surface area contributed by atoms with E-state index in [1.807, 2.05) is 59.5 Å². The van der Waals surface area contributed by atoms with E-state index in [1.54, 1.807) is 30.3 Å². The number of Topliss-reactive ketones (excluding diaryl/α,β-unsaturated/α-hetero) is 2. The molecule has 3 heterocycles. The van der Waals surface area contributed by atoms with Gasteiger partial charge in [0.05, 0.1) is 17.0 Å². The minimum Gasteiger partial charge on any atom is -0.352 e. The van der Waals surface area contributed by atoms with Crippen LogP contribution in [0, 0.1) is 11.7 Å². The smallest absolute Gasteiger partial charge is 0.238 e. The molecule has 0 aromatic heterocycles. The minimum absolute atomic E-state index is 0.219. The quantitative estimate of drug-likeness (QED) is 0.302. The third-order valence-electron chi connectivity index (χ3n) is 8.36. The highest BCUT2D eigenvalue weighted by molar-refractivity contribution is 6.34. The summed E-state index contributed by atoms with van der Waals surface area (Å²) in [5, 5.41) is 3.25. The van der Waals surface area contributed by atoms with Crippen LogP contribution < -0.4 is 10.2 Å². The number of carbonyl (C=O) groups is 3. The van der Waals surface area contributed by atoms with E-state index in [2.05, 4.69) is 5.32 Å². The molecular formula is C33H22ClFN2O3. The predicted molar refractivity (Wildman–Crippen MR) is 152 cm³/mol. The second kappa shape index (κ2) is 9.00. The summed E-state index contributed by atoms with van der Waals surface area (Å²) < 4.78 is 13.9. The first kappa shape index (κ1) is 24.5. The fraction of sp³-hybridized carbons (Fsp3) is 0.121. The normalized spacial score (nSPS) is 23.9. The van der Waals surface area contributed by atoms with Crippen LogP contribution in [0.2, 0.25) is 5.02 Å². The topological polar surface area (TPSA) is 66.5 Å². The van der Waals surface area contributed by atoms with Crippen molar-refractivity contribution in [2.75, 3.05) is 10.2 Å². The van der Waals surface area contributed by atoms with E-state index in [1.165, 1.54) is 24.3 Å². The van der Waals surface area contributed by atoms with Crippen molar-refractivity contribution >= 4 is 46.5 Å². The molecule has 0 radical (unpaired) electrons. The number of rotatable bonds is 4. The molecule has 0 unspecified atom stereocenters. The van der Waals surface area contributed by atoms with Crippen LogP contribution in [0.3, 0.4) is 0 Å². The van der Waals surface area contributed by atoms with Crippen LogP contribution in [0.5, 0.6) is 0 Å². The lowest BCUT2D eigenvalue weighted by Crippen LogP contribution is -2.51. The van der Waals surface area contributed by atoms with Gasteiger partial charge in [0.25, 0.3) is 0 Å². The zero-order chi connectivity index (χ0) is 27.6. The molecule has 1 N–H and O–H groups in total. The summed E-state index contributed by atoms with van der Waals surface area (Å²) in [4.78, 5) is 45.4. The maximum Gasteiger partial charge on any atom is 0.238 e. The van der Waals surface area contributed by atoms with E-state index in [4.69, 9.17) is 11.6 Å². The van der Waals surface area contributed by atoms with Gasteiger partial charge in [0, 0.05) is 22.5 Å². The largest absolute Gasteiger partial charge is 0.352 e. The number of anilines is 2. The molecule has 1 spiro atoms. The van der Waals surface area contributed by atoms with Gasteiger partial charge in [0.2, 0.25) is 5.91 Å². The first-order chi connectivity index (χ1) is 19.4. The van der Waals surface area contributed by atoms with Gasteiger partial charge in [-0.1, -0.05) is 72.3 Å². The molecule has 1 amide bonds. The third-order valence-corrected chi connectivity index (χ3v) is 8.69. The van der Waals surface area contributed by atoms with E-state index in [0.29, 0.717) is 11.3 Å². The Bertz CT molecular complexity index is 1750. The Morgan fingerprint density at radius 3 is 2.35 bits per heavy atom. The second-order valence-corrected chi connectivity index (χ2v) is 10.7. The molecule has 40 heavy (non-hydrogen) atoms. The summed E-state index contributed by atoms with van der Waals surface area (Å²) in [6, 6.07) is 25.1. The lowest BCUT2D eigenvalue weighted by atomic mass is 9.64. The molecule has 3 aliphatic heterocycles. The van der Waals surface area contributed by atoms with Gasteiger partial charge >= 0.3 is 0 Å². The van der Waals surface area contributed by atoms with Gasteiger partial charge in [0.15, 0.2) is 11.6 Å². The van der Waals surface area contributed by atoms with Crippen molar-refractivity contribution in [3.05, 3.63) is 136 Å². The van der Waals surface area contributed by atoms with Crippen molar-refractivity contribution in [2.24, 2.45) is 5.92 Å². The van der Waals surface area contributed by atoms with Gasteiger partial charge in [-0.15, -0.1) is 0 Å². The fourth-order valence-corrected chi connectivity index (χ4v) is 6.96. The van der Waals surface area contributed by atoms with Gasteiger partial charge in [0.1, 0.15) is 17.3 Å². The fourth-order valence-electron chi connectivity index (χ4n) is 6.73. The monoisotopic (exact) mass is 548 g/mol. The Morgan fingerprint density at radius 2 is 1.55 bits per heavy atom. The summed E-state index contributed by atoms with van der Waals surface area (Å²) >= 11 is 6.54. The van der Waals surface area contributed by atoms with Crippen molar-refractivity contribution in [3.8, 4) is 0 Å². The molecule has 4 aromatic carbocycles. The summed E-state index contributed by atoms with van der Waals surface area (Å²) in [7, 11) is 0. The molecule has 3 aliphatic rings. The van der Waals surface area contributed by atoms with Gasteiger partial charge in [-0.25, -0.2) is 4.39 Å². The van der Waals surface area contributed by atoms with Crippen molar-refractivity contribution < 1.29 is 18.8 Å². The molecule has 7 heteroatoms. The number of amides is 1. The zero-order valence-electron chi connectivity index (χ0n) is 21.1. The Labute approximate surface area is 234 Å². The highest BCUT2D eigenvalue weighted by Gasteiger charge is 2.70. The highest BCUT2D eigenvalue weighted by Crippen LogP contribution is 2.58. The Kier molecular flexibility index (Phi) is 5.51. The van der Waals surface area contributed by atoms with Crippen LogP contribution in [0.25, 0.3) is 6.08 Å². The zero-order valence-corrected chi connectivity index (χ0v) is 21.8. The molecule has 0 saturated carbocycles. The number of hydrogen-bond donors (Lipinski definition) is 1. The summed E-state index contributed by atoms with van der Waals surface area (Å²) in [5.41, 5.74) is 1.90. The lowest BCUT2D eigenvalue weighted by Gasteiger charge is -2.37. The third kappa shape index (κ3) is 3.29. The maximum absolute atomic E-state index is 14.6. The van der Waals surface area contributed by atoms with Crippen LogP contribution in [0.4, 0.5) is 15.8 Å². The van der Waals surface area contributed by atoms with Gasteiger partial charge in [-0.3, -0.25) is 14.4 Å². The van der Waals surface area contributed by atoms with Crippen LogP contribution in [-0.4, -0.2) is 29.6 Å². The summed E-state index contributed by atoms with van der Waals surface area (Å²) in [6.45, 7) is 0. The van der Waals surface area contributed by atoms with E-state index < -0.39 is 35.0 Å². The van der Waals surface area contributed by atoms with E-state index in [0.717, 1.165) is 11.3 Å². The molecule has 196 valence electrons. The molecule has 5 nitrogen and oxygen atoms in total. The molecule has 4 aromatic rings. The molecule has 0 bridgehead atoms. The number of para-hydroxylation sites is 2. The minimum atomic E-state index is -1.44. The number of halogens is 2. The van der Waals surface area contributed by atoms with Gasteiger partial charge in [-0.05, 0) is 59.7 Å². The second-order valence-electron chi connectivity index (χ2n) is 10.3. The average Bonchev–Trinajstić information content (AvgIpc) is 3.45. The van der Waals surface area contributed by atoms with Gasteiger partial charge < -0.3 is 10.2 Å². The number of fused-ring (bicyclic) bond motifs is 6. The maximum atomic E-state index is 14.6. The Morgan fingerprint density at radius 1 is 0.850 bits per heavy atom. The van der Waals surface area contributed by atoms with Crippen LogP contribution in [-0.2, 0) is 10.2 Å². The molecule has 1 saturated heterocycles. The first-order valence-corrected chi connectivity index (χ1v) is 13.4. The average molecular weight is 549 g/mol. The predicted octanol–water partition coefficient (Wildman–Crippen LogP) is 6.34. The lowest BCUT2D eigenvalue weighted by molar-refractivity contribution is -0.121. The Balaban J connectivity index is 1.55. The van der Waals surface area contributed by atoms with E-state index in [9.17, 15) is 18.8 Å². The van der Waals surface area contributed by atoms with Crippen molar-refractivity contribution in [1.82, 2.24) is 0 Å². The number of hydrogen-bond acceptors (Lipinski definition) is 4. The number of ketones is 2. The van der Waals surface area contributed by atoms with E-state index >= 15 is 0 Å². The van der Waals surface area contributed by atoms with Crippen LogP contribution in [0.1, 0.15) is 31.8 Å². The summed E-state index contributed by atoms with van der Waals surface area (Å²) in [6.07, 6.45) is 3.85. The van der Waals surface area contributed by atoms with Crippen molar-refractivity contribution in [3.63, 3.8) is 0 Å². The van der Waals surface area contributed by atoms with Crippen molar-refractivity contribution in [1.29, 1.82) is 0 Å². The van der Waals surface area contributed by atoms with Gasteiger partial charge in [-0.2, -0.15) is 0 Å². The van der Waals surface area contributed by atoms with Crippen LogP contribution in [0.15, 0.2) is 103 Å². The highest BCUT2D eigenvalue weighted by atomic mass is 35.5. The SMILES string of the molecule is O=C(c1ccccc1Cl)[C@@H]1[C@H](C(=O)c2ccc(F)cc2)[C@@]2(C(=O)Nc3ccccc32)[C@H]2C=Cc3ccccc3N12. The number of nitrogens with zero attached hydrogens (tertiary/aromatic N) is 1. The van der Waals surface area contributed by atoms with E-state index in [-0.39, 0.29) is 27.8 Å². The molecular weight excluding hydrogens is 527 g/mol. The first-order valence-electron chi connectivity index (χ1n) is 13.0. The van der Waals surface area contributed by atoms with Crippen molar-refractivity contribution in [2.45, 2.75) is 17.5 Å². The Hall–Kier alpha value is -4.55. The molecule has 7 rings (SSSR count). The molecule has 0 aliphatic carbocycles. The number of nitrogens with one attached hydrogen (secondary N) is 1.